The number of carbonyl (C=O) groups excluding carboxylic acids is 1. The van der Waals surface area contributed by atoms with E-state index in [9.17, 15) is 19.1 Å². The second-order valence-corrected chi connectivity index (χ2v) is 5.84. The first kappa shape index (κ1) is 18.4. The second kappa shape index (κ2) is 7.79. The van der Waals surface area contributed by atoms with Gasteiger partial charge in [-0.2, -0.15) is 0 Å². The topological polar surface area (TPSA) is 75.6 Å². The highest BCUT2D eigenvalue weighted by Crippen LogP contribution is 2.22. The Morgan fingerprint density at radius 1 is 1.20 bits per heavy atom. The molecule has 2 N–H and O–H groups in total. The molecule has 0 aliphatic rings. The number of amides is 1. The summed E-state index contributed by atoms with van der Waals surface area (Å²) in [7, 11) is 1.32. The van der Waals surface area contributed by atoms with Gasteiger partial charge in [0, 0.05) is 0 Å². The number of aryl methyl sites for hydroxylation is 2. The molecule has 2 rings (SSSR count). The zero-order valence-corrected chi connectivity index (χ0v) is 14.3. The highest BCUT2D eigenvalue weighted by Gasteiger charge is 2.23. The minimum absolute atomic E-state index is 0.00889. The first-order valence-corrected chi connectivity index (χ1v) is 7.73. The summed E-state index contributed by atoms with van der Waals surface area (Å²) in [4.78, 5) is 23.8. The first-order chi connectivity index (χ1) is 11.8. The van der Waals surface area contributed by atoms with Gasteiger partial charge in [0.2, 0.25) is 5.91 Å². The number of halogens is 1. The van der Waals surface area contributed by atoms with Gasteiger partial charge >= 0.3 is 5.97 Å². The van der Waals surface area contributed by atoms with Crippen molar-refractivity contribution in [1.29, 1.82) is 0 Å². The molecule has 2 aromatic carbocycles. The van der Waals surface area contributed by atoms with Crippen molar-refractivity contribution in [3.63, 3.8) is 0 Å². The normalized spacial score (nSPS) is 11.7. The summed E-state index contributed by atoms with van der Waals surface area (Å²) < 4.78 is 18.6. The number of carboxylic acid groups (broad SMARTS) is 1. The molecule has 1 atom stereocenters. The third-order valence-corrected chi connectivity index (χ3v) is 3.92. The van der Waals surface area contributed by atoms with E-state index in [2.05, 4.69) is 5.32 Å². The van der Waals surface area contributed by atoms with Crippen LogP contribution in [-0.4, -0.2) is 24.1 Å². The molecule has 0 aliphatic carbocycles. The Morgan fingerprint density at radius 2 is 1.92 bits per heavy atom. The number of rotatable bonds is 6. The van der Waals surface area contributed by atoms with Gasteiger partial charge in [-0.3, -0.25) is 4.79 Å². The molecule has 1 unspecified atom stereocenters. The Morgan fingerprint density at radius 3 is 2.52 bits per heavy atom. The third-order valence-electron chi connectivity index (χ3n) is 3.92. The minimum atomic E-state index is -1.34. The van der Waals surface area contributed by atoms with E-state index in [1.165, 1.54) is 19.2 Å². The van der Waals surface area contributed by atoms with Crippen molar-refractivity contribution < 1.29 is 23.8 Å². The predicted octanol–water partition coefficient (Wildman–Crippen LogP) is 2.94. The molecule has 0 bridgehead atoms. The fourth-order valence-corrected chi connectivity index (χ4v) is 2.53. The van der Waals surface area contributed by atoms with Gasteiger partial charge in [0.05, 0.1) is 13.5 Å². The fourth-order valence-electron chi connectivity index (χ4n) is 2.53. The van der Waals surface area contributed by atoms with Crippen molar-refractivity contribution in [2.75, 3.05) is 7.11 Å². The minimum Gasteiger partial charge on any atom is -0.494 e. The van der Waals surface area contributed by atoms with Crippen LogP contribution in [0.2, 0.25) is 0 Å². The van der Waals surface area contributed by atoms with Crippen LogP contribution >= 0.6 is 0 Å². The van der Waals surface area contributed by atoms with Crippen molar-refractivity contribution in [1.82, 2.24) is 5.32 Å². The highest BCUT2D eigenvalue weighted by molar-refractivity contribution is 5.86. The standard InChI is InChI=1S/C19H20FNO4/c1-11-4-5-12(2)14(8-11)10-17(22)21-18(19(23)24)13-6-7-16(25-3)15(20)9-13/h4-9,18H,10H2,1-3H3,(H,21,22)(H,23,24). The van der Waals surface area contributed by atoms with Crippen LogP contribution in [0.1, 0.15) is 28.3 Å². The van der Waals surface area contributed by atoms with Crippen LogP contribution in [0.15, 0.2) is 36.4 Å². The molecule has 1 amide bonds. The maximum Gasteiger partial charge on any atom is 0.330 e. The van der Waals surface area contributed by atoms with Crippen LogP contribution in [0, 0.1) is 19.7 Å². The molecule has 2 aromatic rings. The lowest BCUT2D eigenvalue weighted by atomic mass is 10.0. The van der Waals surface area contributed by atoms with Gasteiger partial charge in [-0.25, -0.2) is 9.18 Å². The lowest BCUT2D eigenvalue weighted by molar-refractivity contribution is -0.142. The van der Waals surface area contributed by atoms with Crippen LogP contribution in [0.25, 0.3) is 0 Å². The second-order valence-electron chi connectivity index (χ2n) is 5.84. The zero-order valence-electron chi connectivity index (χ0n) is 14.3. The molecule has 132 valence electrons. The molecule has 5 nitrogen and oxygen atoms in total. The van der Waals surface area contributed by atoms with Gasteiger partial charge in [-0.1, -0.05) is 29.8 Å². The molecule has 6 heteroatoms. The molecular weight excluding hydrogens is 325 g/mol. The summed E-state index contributed by atoms with van der Waals surface area (Å²) in [6.45, 7) is 3.80. The Kier molecular flexibility index (Phi) is 5.75. The van der Waals surface area contributed by atoms with Gasteiger partial charge < -0.3 is 15.2 Å². The quantitative estimate of drug-likeness (QED) is 0.844. The number of nitrogens with one attached hydrogen (secondary N) is 1. The molecular formula is C19H20FNO4. The van der Waals surface area contributed by atoms with E-state index in [1.807, 2.05) is 32.0 Å². The Balaban J connectivity index is 2.18. The summed E-state index contributed by atoms with van der Waals surface area (Å²) in [5.41, 5.74) is 2.92. The number of carbonyl (C=O) groups is 2. The van der Waals surface area contributed by atoms with Crippen molar-refractivity contribution in [3.05, 3.63) is 64.5 Å². The molecule has 0 fully saturated rings. The number of hydrogen-bond donors (Lipinski definition) is 2. The first-order valence-electron chi connectivity index (χ1n) is 7.73. The van der Waals surface area contributed by atoms with Crippen molar-refractivity contribution >= 4 is 11.9 Å². The van der Waals surface area contributed by atoms with Crippen molar-refractivity contribution in [3.8, 4) is 5.75 Å². The monoisotopic (exact) mass is 345 g/mol. The largest absolute Gasteiger partial charge is 0.494 e. The van der Waals surface area contributed by atoms with Crippen LogP contribution in [0.4, 0.5) is 4.39 Å². The average molecular weight is 345 g/mol. The smallest absolute Gasteiger partial charge is 0.330 e. The van der Waals surface area contributed by atoms with E-state index in [0.717, 1.165) is 22.8 Å². The predicted molar refractivity (Wildman–Crippen MR) is 91.1 cm³/mol. The van der Waals surface area contributed by atoms with Crippen molar-refractivity contribution in [2.45, 2.75) is 26.3 Å². The molecule has 0 aliphatic heterocycles. The van der Waals surface area contributed by atoms with E-state index in [4.69, 9.17) is 4.74 Å². The van der Waals surface area contributed by atoms with Crippen molar-refractivity contribution in [2.24, 2.45) is 0 Å². The zero-order chi connectivity index (χ0) is 18.6. The molecule has 0 saturated carbocycles. The SMILES string of the molecule is COc1ccc(C(NC(=O)Cc2cc(C)ccc2C)C(=O)O)cc1F. The number of ether oxygens (including phenoxy) is 1. The fraction of sp³-hybridized carbons (Fsp3) is 0.263. The Bertz CT molecular complexity index is 804. The molecule has 0 spiro atoms. The number of aliphatic carboxylic acids is 1. The van der Waals surface area contributed by atoms with Gasteiger partial charge in [-0.15, -0.1) is 0 Å². The van der Waals surface area contributed by atoms with E-state index in [-0.39, 0.29) is 17.7 Å². The number of methoxy groups -OCH3 is 1. The van der Waals surface area contributed by atoms with Crippen LogP contribution in [0.5, 0.6) is 5.75 Å². The van der Waals surface area contributed by atoms with Gasteiger partial charge in [0.1, 0.15) is 0 Å². The average Bonchev–Trinajstić information content (AvgIpc) is 2.55. The summed E-state index contributed by atoms with van der Waals surface area (Å²) >= 11 is 0. The van der Waals surface area contributed by atoms with E-state index in [1.54, 1.807) is 0 Å². The van der Waals surface area contributed by atoms with Crippen LogP contribution in [-0.2, 0) is 16.0 Å². The van der Waals surface area contributed by atoms with Gasteiger partial charge in [-0.05, 0) is 42.7 Å². The van der Waals surface area contributed by atoms with Crippen LogP contribution < -0.4 is 10.1 Å². The number of carboxylic acids is 1. The molecule has 0 heterocycles. The summed E-state index contributed by atoms with van der Waals surface area (Å²) in [6.07, 6.45) is 0.0515. The number of hydrogen-bond acceptors (Lipinski definition) is 3. The molecule has 25 heavy (non-hydrogen) atoms. The van der Waals surface area contributed by atoms with E-state index >= 15 is 0 Å². The van der Waals surface area contributed by atoms with Gasteiger partial charge in [0.25, 0.3) is 0 Å². The summed E-state index contributed by atoms with van der Waals surface area (Å²) in [5.74, 6) is -2.39. The Hall–Kier alpha value is -2.89. The highest BCUT2D eigenvalue weighted by atomic mass is 19.1. The van der Waals surface area contributed by atoms with E-state index in [0.29, 0.717) is 0 Å². The maximum absolute atomic E-state index is 13.8. The molecule has 0 saturated heterocycles. The molecule has 0 radical (unpaired) electrons. The summed E-state index contributed by atoms with van der Waals surface area (Å²) in [5, 5.41) is 11.8. The van der Waals surface area contributed by atoms with E-state index < -0.39 is 23.7 Å². The lowest BCUT2D eigenvalue weighted by Gasteiger charge is -2.16. The third kappa shape index (κ3) is 4.56. The number of benzene rings is 2. The Labute approximate surface area is 145 Å². The maximum atomic E-state index is 13.8. The van der Waals surface area contributed by atoms with Crippen LogP contribution in [0.3, 0.4) is 0 Å². The summed E-state index contributed by atoms with van der Waals surface area (Å²) in [6, 6.07) is 8.20. The molecule has 0 aromatic heterocycles. The lowest BCUT2D eigenvalue weighted by Crippen LogP contribution is -2.34. The van der Waals surface area contributed by atoms with Gasteiger partial charge in [0.15, 0.2) is 17.6 Å².